The fourth-order valence-corrected chi connectivity index (χ4v) is 3.58. The average molecular weight is 498 g/mol. The molecule has 0 spiro atoms. The molecule has 0 saturated carbocycles. The van der Waals surface area contributed by atoms with Gasteiger partial charge in [-0.05, 0) is 35.9 Å². The number of benzene rings is 1. The Morgan fingerprint density at radius 1 is 1.19 bits per heavy atom. The van der Waals surface area contributed by atoms with Crippen LogP contribution < -0.4 is 10.6 Å². The third-order valence-electron chi connectivity index (χ3n) is 4.34. The van der Waals surface area contributed by atoms with Crippen LogP contribution in [0, 0.1) is 0 Å². The van der Waals surface area contributed by atoms with Crippen molar-refractivity contribution in [3.05, 3.63) is 57.8 Å². The minimum absolute atomic E-state index is 0. The van der Waals surface area contributed by atoms with Gasteiger partial charge in [0.1, 0.15) is 0 Å². The van der Waals surface area contributed by atoms with E-state index in [1.165, 1.54) is 10.4 Å². The van der Waals surface area contributed by atoms with Gasteiger partial charge in [0.25, 0.3) is 0 Å². The number of hydrogen-bond donors (Lipinski definition) is 2. The van der Waals surface area contributed by atoms with Crippen molar-refractivity contribution < 1.29 is 4.79 Å². The van der Waals surface area contributed by atoms with E-state index < -0.39 is 0 Å². The predicted octanol–water partition coefficient (Wildman–Crippen LogP) is 3.74. The third kappa shape index (κ3) is 6.80. The van der Waals surface area contributed by atoms with Crippen LogP contribution in [0.3, 0.4) is 0 Å². The summed E-state index contributed by atoms with van der Waals surface area (Å²) in [4.78, 5) is 19.6. The van der Waals surface area contributed by atoms with Gasteiger partial charge in [-0.2, -0.15) is 0 Å². The van der Waals surface area contributed by atoms with Gasteiger partial charge in [0.15, 0.2) is 5.96 Å². The highest BCUT2D eigenvalue weighted by atomic mass is 127. The molecule has 7 heteroatoms. The molecule has 2 N–H and O–H groups in total. The molecule has 1 amide bonds. The minimum Gasteiger partial charge on any atom is -0.357 e. The summed E-state index contributed by atoms with van der Waals surface area (Å²) in [5, 5.41) is 8.72. The number of nitrogens with one attached hydrogen (secondary N) is 2. The number of carbonyl (C=O) groups excluding carboxylic acids is 1. The molecule has 2 aromatic rings. The normalized spacial score (nSPS) is 14.2. The zero-order chi connectivity index (χ0) is 18.2. The summed E-state index contributed by atoms with van der Waals surface area (Å²) in [6, 6.07) is 12.6. The fraction of sp³-hybridized carbons (Fsp3) is 0.400. The molecule has 0 bridgehead atoms. The first-order valence-electron chi connectivity index (χ1n) is 9.14. The highest BCUT2D eigenvalue weighted by Gasteiger charge is 2.19. The van der Waals surface area contributed by atoms with Crippen LogP contribution in [-0.2, 0) is 24.4 Å². The van der Waals surface area contributed by atoms with Gasteiger partial charge in [-0.1, -0.05) is 30.3 Å². The number of hydrogen-bond acceptors (Lipinski definition) is 3. The molecule has 5 nitrogen and oxygen atoms in total. The SMILES string of the molecule is CCNC(=NCc1ccc(CN2CCCC2=O)cc1)NCc1cccs1.I. The molecule has 1 saturated heterocycles. The second-order valence-corrected chi connectivity index (χ2v) is 7.40. The van der Waals surface area contributed by atoms with Crippen LogP contribution in [-0.4, -0.2) is 29.9 Å². The van der Waals surface area contributed by atoms with Crippen molar-refractivity contribution in [3.8, 4) is 0 Å². The lowest BCUT2D eigenvalue weighted by atomic mass is 10.1. The van der Waals surface area contributed by atoms with E-state index in [0.717, 1.165) is 37.6 Å². The largest absolute Gasteiger partial charge is 0.357 e. The molecule has 27 heavy (non-hydrogen) atoms. The Balaban J connectivity index is 0.00000261. The third-order valence-corrected chi connectivity index (χ3v) is 5.22. The van der Waals surface area contributed by atoms with Crippen molar-refractivity contribution >= 4 is 47.2 Å². The first kappa shape index (κ1) is 21.7. The van der Waals surface area contributed by atoms with Crippen molar-refractivity contribution in [1.29, 1.82) is 0 Å². The van der Waals surface area contributed by atoms with Gasteiger partial charge in [-0.15, -0.1) is 35.3 Å². The Hall–Kier alpha value is -1.61. The van der Waals surface area contributed by atoms with Crippen molar-refractivity contribution in [2.24, 2.45) is 4.99 Å². The molecule has 146 valence electrons. The van der Waals surface area contributed by atoms with E-state index >= 15 is 0 Å². The lowest BCUT2D eigenvalue weighted by Gasteiger charge is -2.15. The molecular formula is C20H27IN4OS. The van der Waals surface area contributed by atoms with Crippen molar-refractivity contribution in [3.63, 3.8) is 0 Å². The van der Waals surface area contributed by atoms with Crippen LogP contribution in [0.4, 0.5) is 0 Å². The number of carbonyl (C=O) groups is 1. The average Bonchev–Trinajstić information content (AvgIpc) is 3.31. The van der Waals surface area contributed by atoms with Gasteiger partial charge in [-0.3, -0.25) is 4.79 Å². The van der Waals surface area contributed by atoms with Crippen molar-refractivity contribution in [1.82, 2.24) is 15.5 Å². The topological polar surface area (TPSA) is 56.7 Å². The molecule has 0 aliphatic carbocycles. The molecule has 0 radical (unpaired) electrons. The molecule has 1 aliphatic rings. The smallest absolute Gasteiger partial charge is 0.222 e. The molecule has 1 aliphatic heterocycles. The summed E-state index contributed by atoms with van der Waals surface area (Å²) < 4.78 is 0. The van der Waals surface area contributed by atoms with E-state index in [1.54, 1.807) is 11.3 Å². The summed E-state index contributed by atoms with van der Waals surface area (Å²) in [6.45, 7) is 5.91. The molecule has 2 heterocycles. The standard InChI is InChI=1S/C20H26N4OS.HI/c1-2-21-20(23-14-18-5-4-12-26-18)22-13-16-7-9-17(10-8-16)15-24-11-3-6-19(24)25;/h4-5,7-10,12H,2-3,6,11,13-15H2,1H3,(H2,21,22,23);1H. The van der Waals surface area contributed by atoms with Gasteiger partial charge in [0, 0.05) is 30.9 Å². The molecule has 3 rings (SSSR count). The van der Waals surface area contributed by atoms with Crippen LogP contribution in [0.5, 0.6) is 0 Å². The first-order chi connectivity index (χ1) is 12.7. The van der Waals surface area contributed by atoms with Gasteiger partial charge < -0.3 is 15.5 Å². The lowest BCUT2D eigenvalue weighted by Crippen LogP contribution is -2.36. The Bertz CT molecular complexity index is 731. The first-order valence-corrected chi connectivity index (χ1v) is 10.0. The van der Waals surface area contributed by atoms with Crippen LogP contribution >= 0.6 is 35.3 Å². The van der Waals surface area contributed by atoms with Crippen LogP contribution in [0.1, 0.15) is 35.8 Å². The second-order valence-electron chi connectivity index (χ2n) is 6.36. The van der Waals surface area contributed by atoms with Gasteiger partial charge in [0.05, 0.1) is 13.1 Å². The predicted molar refractivity (Wildman–Crippen MR) is 122 cm³/mol. The molecule has 1 aromatic heterocycles. The van der Waals surface area contributed by atoms with E-state index in [9.17, 15) is 4.79 Å². The van der Waals surface area contributed by atoms with Gasteiger partial charge >= 0.3 is 0 Å². The summed E-state index contributed by atoms with van der Waals surface area (Å²) in [5.74, 6) is 1.10. The maximum atomic E-state index is 11.7. The number of likely N-dealkylation sites (tertiary alicyclic amines) is 1. The Kier molecular flexibility index (Phi) is 9.06. The summed E-state index contributed by atoms with van der Waals surface area (Å²) in [7, 11) is 0. The van der Waals surface area contributed by atoms with E-state index in [2.05, 4.69) is 64.3 Å². The number of guanidine groups is 1. The van der Waals surface area contributed by atoms with E-state index in [1.807, 2.05) is 4.90 Å². The van der Waals surface area contributed by atoms with Crippen molar-refractivity contribution in [2.75, 3.05) is 13.1 Å². The Morgan fingerprint density at radius 3 is 2.59 bits per heavy atom. The zero-order valence-electron chi connectivity index (χ0n) is 15.6. The highest BCUT2D eigenvalue weighted by molar-refractivity contribution is 14.0. The number of halogens is 1. The monoisotopic (exact) mass is 498 g/mol. The number of aliphatic imine (C=N–C) groups is 1. The molecule has 1 aromatic carbocycles. The van der Waals surface area contributed by atoms with E-state index in [0.29, 0.717) is 19.5 Å². The minimum atomic E-state index is 0. The number of rotatable bonds is 7. The lowest BCUT2D eigenvalue weighted by molar-refractivity contribution is -0.128. The molecule has 0 atom stereocenters. The maximum Gasteiger partial charge on any atom is 0.222 e. The molecule has 0 unspecified atom stereocenters. The second kappa shape index (κ2) is 11.3. The summed E-state index contributed by atoms with van der Waals surface area (Å²) in [5.41, 5.74) is 2.34. The number of nitrogens with zero attached hydrogens (tertiary/aromatic N) is 2. The molecule has 1 fully saturated rings. The van der Waals surface area contributed by atoms with Crippen LogP contribution in [0.2, 0.25) is 0 Å². The molecular weight excluding hydrogens is 471 g/mol. The fourth-order valence-electron chi connectivity index (χ4n) is 2.94. The highest BCUT2D eigenvalue weighted by Crippen LogP contribution is 2.15. The van der Waals surface area contributed by atoms with Crippen molar-refractivity contribution in [2.45, 2.75) is 39.4 Å². The number of thiophene rings is 1. The van der Waals surface area contributed by atoms with Crippen LogP contribution in [0.25, 0.3) is 0 Å². The maximum absolute atomic E-state index is 11.7. The zero-order valence-corrected chi connectivity index (χ0v) is 18.8. The Labute approximate surface area is 182 Å². The summed E-state index contributed by atoms with van der Waals surface area (Å²) >= 11 is 1.74. The van der Waals surface area contributed by atoms with E-state index in [-0.39, 0.29) is 29.9 Å². The number of amides is 1. The Morgan fingerprint density at radius 2 is 1.96 bits per heavy atom. The summed E-state index contributed by atoms with van der Waals surface area (Å²) in [6.07, 6.45) is 1.68. The van der Waals surface area contributed by atoms with E-state index in [4.69, 9.17) is 0 Å². The van der Waals surface area contributed by atoms with Crippen LogP contribution in [0.15, 0.2) is 46.8 Å². The van der Waals surface area contributed by atoms with Gasteiger partial charge in [0.2, 0.25) is 5.91 Å². The quantitative estimate of drug-likeness (QED) is 0.348. The van der Waals surface area contributed by atoms with Gasteiger partial charge in [-0.25, -0.2) is 4.99 Å².